The highest BCUT2D eigenvalue weighted by molar-refractivity contribution is 7.89. The lowest BCUT2D eigenvalue weighted by Crippen LogP contribution is -2.27. The highest BCUT2D eigenvalue weighted by Gasteiger charge is 2.18. The fraction of sp³-hybridized carbons (Fsp3) is 0.200. The van der Waals surface area contributed by atoms with Gasteiger partial charge in [0.05, 0.1) is 0 Å². The quantitative estimate of drug-likeness (QED) is 0.855. The summed E-state index contributed by atoms with van der Waals surface area (Å²) >= 11 is 0. The molecule has 2 aromatic carbocycles. The number of halogens is 1. The maximum atomic E-state index is 13.7. The van der Waals surface area contributed by atoms with Crippen molar-refractivity contribution in [3.63, 3.8) is 0 Å². The molecule has 4 nitrogen and oxygen atoms in total. The molecule has 2 rings (SSSR count). The lowest BCUT2D eigenvalue weighted by atomic mass is 10.2. The minimum atomic E-state index is -3.87. The molecule has 0 aliphatic carbocycles. The van der Waals surface area contributed by atoms with E-state index in [2.05, 4.69) is 4.72 Å². The van der Waals surface area contributed by atoms with Crippen molar-refractivity contribution in [2.24, 2.45) is 5.73 Å². The Morgan fingerprint density at radius 2 is 1.76 bits per heavy atom. The summed E-state index contributed by atoms with van der Waals surface area (Å²) in [6, 6.07) is 13.3. The van der Waals surface area contributed by atoms with Crippen molar-refractivity contribution >= 4 is 10.0 Å². The van der Waals surface area contributed by atoms with Gasteiger partial charge >= 0.3 is 0 Å². The van der Waals surface area contributed by atoms with E-state index < -0.39 is 15.8 Å². The molecular weight excluding hydrogens is 291 g/mol. The molecule has 0 spiro atoms. The Labute approximate surface area is 123 Å². The third-order valence-electron chi connectivity index (χ3n) is 3.07. The smallest absolute Gasteiger partial charge is 0.243 e. The van der Waals surface area contributed by atoms with Gasteiger partial charge < -0.3 is 5.73 Å². The third kappa shape index (κ3) is 4.10. The highest BCUT2D eigenvalue weighted by Crippen LogP contribution is 2.16. The Balaban J connectivity index is 2.08. The fourth-order valence-corrected chi connectivity index (χ4v) is 3.09. The SMILES string of the molecule is NCc1ccc(F)c(S(=O)(=O)NCCc2ccccc2)c1. The molecule has 112 valence electrons. The fourth-order valence-electron chi connectivity index (χ4n) is 1.93. The van der Waals surface area contributed by atoms with E-state index >= 15 is 0 Å². The molecule has 0 fully saturated rings. The van der Waals surface area contributed by atoms with Crippen molar-refractivity contribution in [1.29, 1.82) is 0 Å². The standard InChI is InChI=1S/C15H17FN2O2S/c16-14-7-6-13(11-17)10-15(14)21(19,20)18-9-8-12-4-2-1-3-5-12/h1-7,10,18H,8-9,11,17H2. The molecule has 0 unspecified atom stereocenters. The van der Waals surface area contributed by atoms with Crippen molar-refractivity contribution in [3.8, 4) is 0 Å². The van der Waals surface area contributed by atoms with Crippen LogP contribution < -0.4 is 10.5 Å². The number of hydrogen-bond acceptors (Lipinski definition) is 3. The van der Waals surface area contributed by atoms with Crippen LogP contribution in [0.5, 0.6) is 0 Å². The Bertz CT molecular complexity index is 703. The Morgan fingerprint density at radius 1 is 1.05 bits per heavy atom. The van der Waals surface area contributed by atoms with Crippen molar-refractivity contribution in [1.82, 2.24) is 4.72 Å². The Kier molecular flexibility index (Phi) is 5.06. The zero-order valence-corrected chi connectivity index (χ0v) is 12.2. The summed E-state index contributed by atoms with van der Waals surface area (Å²) in [7, 11) is -3.87. The van der Waals surface area contributed by atoms with Crippen molar-refractivity contribution < 1.29 is 12.8 Å². The lowest BCUT2D eigenvalue weighted by molar-refractivity contribution is 0.556. The largest absolute Gasteiger partial charge is 0.326 e. The second-order valence-corrected chi connectivity index (χ2v) is 6.34. The van der Waals surface area contributed by atoms with E-state index in [4.69, 9.17) is 5.73 Å². The number of nitrogens with one attached hydrogen (secondary N) is 1. The monoisotopic (exact) mass is 308 g/mol. The van der Waals surface area contributed by atoms with Crippen LogP contribution in [0.25, 0.3) is 0 Å². The van der Waals surface area contributed by atoms with Crippen LogP contribution in [-0.2, 0) is 23.0 Å². The van der Waals surface area contributed by atoms with Crippen LogP contribution in [0.4, 0.5) is 4.39 Å². The van der Waals surface area contributed by atoms with Gasteiger partial charge in [-0.2, -0.15) is 0 Å². The molecule has 0 aliphatic rings. The number of hydrogen-bond donors (Lipinski definition) is 2. The van der Waals surface area contributed by atoms with E-state index in [0.29, 0.717) is 12.0 Å². The molecule has 3 N–H and O–H groups in total. The van der Waals surface area contributed by atoms with Crippen LogP contribution in [0.15, 0.2) is 53.4 Å². The lowest BCUT2D eigenvalue weighted by Gasteiger charge is -2.09. The van der Waals surface area contributed by atoms with Crippen LogP contribution in [-0.4, -0.2) is 15.0 Å². The molecule has 0 aromatic heterocycles. The number of nitrogens with two attached hydrogens (primary N) is 1. The second kappa shape index (κ2) is 6.80. The van der Waals surface area contributed by atoms with E-state index in [-0.39, 0.29) is 18.0 Å². The van der Waals surface area contributed by atoms with Crippen molar-refractivity contribution in [2.75, 3.05) is 6.54 Å². The molecule has 0 bridgehead atoms. The van der Waals surface area contributed by atoms with Gasteiger partial charge in [0.1, 0.15) is 10.7 Å². The van der Waals surface area contributed by atoms with E-state index in [9.17, 15) is 12.8 Å². The average Bonchev–Trinajstić information content (AvgIpc) is 2.48. The molecule has 0 atom stereocenters. The van der Waals surface area contributed by atoms with Crippen LogP contribution in [0.2, 0.25) is 0 Å². The maximum absolute atomic E-state index is 13.7. The molecule has 6 heteroatoms. The first-order chi connectivity index (χ1) is 10.0. The number of sulfonamides is 1. The van der Waals surface area contributed by atoms with Gasteiger partial charge in [-0.25, -0.2) is 17.5 Å². The first-order valence-corrected chi connectivity index (χ1v) is 8.03. The predicted molar refractivity (Wildman–Crippen MR) is 79.6 cm³/mol. The molecule has 0 aliphatic heterocycles. The van der Waals surface area contributed by atoms with Crippen molar-refractivity contribution in [3.05, 3.63) is 65.5 Å². The minimum Gasteiger partial charge on any atom is -0.326 e. The summed E-state index contributed by atoms with van der Waals surface area (Å²) < 4.78 is 40.3. The van der Waals surface area contributed by atoms with E-state index in [1.807, 2.05) is 30.3 Å². The number of rotatable bonds is 6. The molecule has 21 heavy (non-hydrogen) atoms. The third-order valence-corrected chi connectivity index (χ3v) is 4.55. The van der Waals surface area contributed by atoms with Gasteiger partial charge in [0.15, 0.2) is 0 Å². The zero-order valence-electron chi connectivity index (χ0n) is 11.4. The van der Waals surface area contributed by atoms with Crippen molar-refractivity contribution in [2.45, 2.75) is 17.9 Å². The van der Waals surface area contributed by atoms with Crippen LogP contribution in [0.3, 0.4) is 0 Å². The topological polar surface area (TPSA) is 72.2 Å². The van der Waals surface area contributed by atoms with Crippen LogP contribution >= 0.6 is 0 Å². The second-order valence-electron chi connectivity index (χ2n) is 4.60. The molecule has 0 radical (unpaired) electrons. The summed E-state index contributed by atoms with van der Waals surface area (Å²) in [5.41, 5.74) is 7.03. The van der Waals surface area contributed by atoms with Gasteiger partial charge in [-0.3, -0.25) is 0 Å². The predicted octanol–water partition coefficient (Wildman–Crippen LogP) is 1.81. The molecule has 2 aromatic rings. The van der Waals surface area contributed by atoms with Crippen LogP contribution in [0.1, 0.15) is 11.1 Å². The first kappa shape index (κ1) is 15.6. The first-order valence-electron chi connectivity index (χ1n) is 6.55. The van der Waals surface area contributed by atoms with E-state index in [0.717, 1.165) is 11.6 Å². The average molecular weight is 308 g/mol. The Morgan fingerprint density at radius 3 is 2.43 bits per heavy atom. The normalized spacial score (nSPS) is 11.5. The molecule has 0 heterocycles. The maximum Gasteiger partial charge on any atom is 0.243 e. The summed E-state index contributed by atoms with van der Waals surface area (Å²) in [6.07, 6.45) is 0.540. The zero-order chi connectivity index (χ0) is 15.3. The van der Waals surface area contributed by atoms with Gasteiger partial charge in [0, 0.05) is 13.1 Å². The van der Waals surface area contributed by atoms with Gasteiger partial charge in [0.25, 0.3) is 0 Å². The highest BCUT2D eigenvalue weighted by atomic mass is 32.2. The Hall–Kier alpha value is -1.76. The number of benzene rings is 2. The summed E-state index contributed by atoms with van der Waals surface area (Å²) in [5, 5.41) is 0. The summed E-state index contributed by atoms with van der Waals surface area (Å²) in [6.45, 7) is 0.367. The molecule has 0 amide bonds. The van der Waals surface area contributed by atoms with Gasteiger partial charge in [-0.05, 0) is 29.7 Å². The van der Waals surface area contributed by atoms with E-state index in [1.165, 1.54) is 12.1 Å². The molecule has 0 saturated heterocycles. The van der Waals surface area contributed by atoms with Gasteiger partial charge in [-0.1, -0.05) is 36.4 Å². The van der Waals surface area contributed by atoms with Crippen LogP contribution in [0, 0.1) is 5.82 Å². The molecular formula is C15H17FN2O2S. The summed E-state index contributed by atoms with van der Waals surface area (Å²) in [4.78, 5) is -0.362. The summed E-state index contributed by atoms with van der Waals surface area (Å²) in [5.74, 6) is -0.778. The van der Waals surface area contributed by atoms with Gasteiger partial charge in [0.2, 0.25) is 10.0 Å². The van der Waals surface area contributed by atoms with Gasteiger partial charge in [-0.15, -0.1) is 0 Å². The minimum absolute atomic E-state index is 0.160. The van der Waals surface area contributed by atoms with E-state index in [1.54, 1.807) is 0 Å². The molecule has 0 saturated carbocycles.